The molecule has 0 heterocycles. The molecule has 3 nitrogen and oxygen atoms in total. The van der Waals surface area contributed by atoms with Crippen LogP contribution < -0.4 is 0 Å². The van der Waals surface area contributed by atoms with E-state index in [2.05, 4.69) is 20.8 Å². The van der Waals surface area contributed by atoms with Gasteiger partial charge in [-0.25, -0.2) is 0 Å². The molecule has 0 aliphatic rings. The highest BCUT2D eigenvalue weighted by molar-refractivity contribution is 5.78. The number of rotatable bonds is 29. The zero-order chi connectivity index (χ0) is 26.5. The lowest BCUT2D eigenvalue weighted by atomic mass is 9.90. The summed E-state index contributed by atoms with van der Waals surface area (Å²) in [6.45, 7) is 7.34. The summed E-state index contributed by atoms with van der Waals surface area (Å²) in [5.41, 5.74) is 0. The Balaban J connectivity index is 3.91. The third kappa shape index (κ3) is 26.2. The van der Waals surface area contributed by atoms with Gasteiger partial charge in [0.25, 0.3) is 0 Å². The van der Waals surface area contributed by atoms with Crippen LogP contribution in [0.15, 0.2) is 0 Å². The van der Waals surface area contributed by atoms with Crippen LogP contribution in [0.2, 0.25) is 0 Å². The number of carbonyl (C=O) groups is 2. The fourth-order valence-corrected chi connectivity index (χ4v) is 5.13. The van der Waals surface area contributed by atoms with Gasteiger partial charge in [-0.2, -0.15) is 0 Å². The lowest BCUT2D eigenvalue weighted by Gasteiger charge is -2.17. The minimum atomic E-state index is -0.0783. The van der Waals surface area contributed by atoms with Crippen LogP contribution in [-0.2, 0) is 14.3 Å². The molecule has 0 saturated heterocycles. The molecule has 0 rings (SSSR count). The van der Waals surface area contributed by atoms with Gasteiger partial charge in [0, 0.05) is 19.3 Å². The Morgan fingerprint density at radius 2 is 0.861 bits per heavy atom. The number of hydrogen-bond donors (Lipinski definition) is 0. The lowest BCUT2D eigenvalue weighted by molar-refractivity contribution is -0.144. The van der Waals surface area contributed by atoms with Gasteiger partial charge in [-0.05, 0) is 38.0 Å². The number of Topliss-reactive ketones (excluding diaryl/α,β-unsaturated/α-hetero) is 1. The summed E-state index contributed by atoms with van der Waals surface area (Å²) in [4.78, 5) is 24.1. The molecule has 0 aromatic carbocycles. The van der Waals surface area contributed by atoms with Crippen molar-refractivity contribution in [3.05, 3.63) is 0 Å². The zero-order valence-corrected chi connectivity index (χ0v) is 24.9. The fraction of sp³-hybridized carbons (Fsp3) is 0.939. The van der Waals surface area contributed by atoms with Gasteiger partial charge >= 0.3 is 5.97 Å². The summed E-state index contributed by atoms with van der Waals surface area (Å²) >= 11 is 0. The van der Waals surface area contributed by atoms with Gasteiger partial charge in [0.1, 0.15) is 5.78 Å². The molecule has 0 N–H and O–H groups in total. The van der Waals surface area contributed by atoms with Crippen LogP contribution in [-0.4, -0.2) is 18.4 Å². The van der Waals surface area contributed by atoms with Crippen LogP contribution in [0.1, 0.15) is 188 Å². The second-order valence-corrected chi connectivity index (χ2v) is 11.3. The number of hydrogen-bond acceptors (Lipinski definition) is 3. The van der Waals surface area contributed by atoms with Crippen LogP contribution in [0.4, 0.5) is 0 Å². The molecule has 0 fully saturated rings. The Bertz CT molecular complexity index is 458. The summed E-state index contributed by atoms with van der Waals surface area (Å²) in [6.07, 6.45) is 30.7. The van der Waals surface area contributed by atoms with E-state index in [9.17, 15) is 9.59 Å². The molecular formula is C33H64O3. The number of ether oxygens (including phenoxy) is 1. The monoisotopic (exact) mass is 508 g/mol. The van der Waals surface area contributed by atoms with Crippen molar-refractivity contribution in [3.8, 4) is 0 Å². The Morgan fingerprint density at radius 3 is 1.39 bits per heavy atom. The van der Waals surface area contributed by atoms with Gasteiger partial charge in [0.05, 0.1) is 6.61 Å². The van der Waals surface area contributed by atoms with Crippen molar-refractivity contribution in [1.82, 2.24) is 0 Å². The van der Waals surface area contributed by atoms with Crippen LogP contribution in [0.5, 0.6) is 0 Å². The van der Waals surface area contributed by atoms with Crippen molar-refractivity contribution >= 4 is 11.8 Å². The normalized spacial score (nSPS) is 11.3. The van der Waals surface area contributed by atoms with Crippen molar-refractivity contribution in [3.63, 3.8) is 0 Å². The second-order valence-electron chi connectivity index (χ2n) is 11.3. The molecule has 0 spiro atoms. The average Bonchev–Trinajstić information content (AvgIpc) is 2.87. The van der Waals surface area contributed by atoms with Crippen molar-refractivity contribution < 1.29 is 14.3 Å². The summed E-state index contributed by atoms with van der Waals surface area (Å²) in [5.74, 6) is 1.08. The fourth-order valence-electron chi connectivity index (χ4n) is 5.13. The number of esters is 1. The first-order valence-electron chi connectivity index (χ1n) is 16.3. The topological polar surface area (TPSA) is 43.4 Å². The molecule has 0 radical (unpaired) electrons. The van der Waals surface area contributed by atoms with E-state index in [-0.39, 0.29) is 5.97 Å². The first kappa shape index (κ1) is 35.1. The maximum Gasteiger partial charge on any atom is 0.305 e. The average molecular weight is 509 g/mol. The predicted molar refractivity (Wildman–Crippen MR) is 157 cm³/mol. The molecule has 36 heavy (non-hydrogen) atoms. The minimum Gasteiger partial charge on any atom is -0.466 e. The molecule has 0 amide bonds. The van der Waals surface area contributed by atoms with Crippen LogP contribution >= 0.6 is 0 Å². The largest absolute Gasteiger partial charge is 0.466 e. The molecule has 0 atom stereocenters. The van der Waals surface area contributed by atoms with E-state index in [0.717, 1.165) is 31.6 Å². The van der Waals surface area contributed by atoms with E-state index < -0.39 is 0 Å². The maximum absolute atomic E-state index is 12.1. The molecule has 0 aliphatic heterocycles. The number of unbranched alkanes of at least 4 members (excludes halogenated alkanes) is 15. The smallest absolute Gasteiger partial charge is 0.305 e. The molecule has 0 saturated carbocycles. The highest BCUT2D eigenvalue weighted by atomic mass is 16.5. The second kappa shape index (κ2) is 28.7. The molecular weight excluding hydrogens is 444 g/mol. The number of carbonyl (C=O) groups excluding carboxylic acids is 2. The molecule has 0 unspecified atom stereocenters. The first-order chi connectivity index (χ1) is 17.6. The van der Waals surface area contributed by atoms with E-state index >= 15 is 0 Å². The van der Waals surface area contributed by atoms with Gasteiger partial charge in [-0.1, -0.05) is 136 Å². The van der Waals surface area contributed by atoms with E-state index in [4.69, 9.17) is 4.74 Å². The summed E-state index contributed by atoms with van der Waals surface area (Å²) in [5, 5.41) is 0. The molecule has 3 heteroatoms. The molecule has 214 valence electrons. The third-order valence-corrected chi connectivity index (χ3v) is 7.60. The maximum atomic E-state index is 12.1. The molecule has 0 aromatic heterocycles. The lowest BCUT2D eigenvalue weighted by Crippen LogP contribution is -2.08. The summed E-state index contributed by atoms with van der Waals surface area (Å²) in [6, 6.07) is 0. The third-order valence-electron chi connectivity index (χ3n) is 7.60. The summed E-state index contributed by atoms with van der Waals surface area (Å²) in [7, 11) is 0. The Kier molecular flexibility index (Phi) is 28.0. The predicted octanol–water partition coefficient (Wildman–Crippen LogP) is 10.9. The summed E-state index contributed by atoms with van der Waals surface area (Å²) < 4.78 is 5.52. The number of ketones is 1. The molecule has 0 aromatic rings. The van der Waals surface area contributed by atoms with Crippen molar-refractivity contribution in [2.24, 2.45) is 5.92 Å². The van der Waals surface area contributed by atoms with Crippen molar-refractivity contribution in [2.45, 2.75) is 188 Å². The Morgan fingerprint density at radius 1 is 0.472 bits per heavy atom. The van der Waals surface area contributed by atoms with Crippen LogP contribution in [0, 0.1) is 5.92 Å². The standard InChI is InChI=1S/C33H64O3/c1-4-7-10-13-16-18-24-31(25-19-17-14-11-8-5-2)26-23-30-36-33(35)29-22-21-28-32(34)27-20-15-12-9-6-3/h31H,4-30H2,1-3H3. The van der Waals surface area contributed by atoms with Gasteiger partial charge < -0.3 is 4.74 Å². The minimum absolute atomic E-state index is 0.0783. The van der Waals surface area contributed by atoms with Gasteiger partial charge in [-0.3, -0.25) is 9.59 Å². The van der Waals surface area contributed by atoms with Gasteiger partial charge in [-0.15, -0.1) is 0 Å². The van der Waals surface area contributed by atoms with Gasteiger partial charge in [0.2, 0.25) is 0 Å². The van der Waals surface area contributed by atoms with Crippen LogP contribution in [0.25, 0.3) is 0 Å². The Labute approximate surface area is 226 Å². The van der Waals surface area contributed by atoms with Crippen LogP contribution in [0.3, 0.4) is 0 Å². The highest BCUT2D eigenvalue weighted by Gasteiger charge is 2.10. The van der Waals surface area contributed by atoms with Crippen molar-refractivity contribution in [1.29, 1.82) is 0 Å². The molecule has 0 bridgehead atoms. The van der Waals surface area contributed by atoms with E-state index in [1.165, 1.54) is 122 Å². The van der Waals surface area contributed by atoms with Gasteiger partial charge in [0.15, 0.2) is 0 Å². The van der Waals surface area contributed by atoms with E-state index in [1.54, 1.807) is 0 Å². The first-order valence-corrected chi connectivity index (χ1v) is 16.3. The Hall–Kier alpha value is -0.860. The zero-order valence-electron chi connectivity index (χ0n) is 24.9. The van der Waals surface area contributed by atoms with E-state index in [1.807, 2.05) is 0 Å². The SMILES string of the molecule is CCCCCCCCC(CCCCCCCC)CCCOC(=O)CCCCC(=O)CCCCCCC. The quantitative estimate of drug-likeness (QED) is 0.0745. The highest BCUT2D eigenvalue weighted by Crippen LogP contribution is 2.23. The molecule has 0 aliphatic carbocycles. The van der Waals surface area contributed by atoms with E-state index in [0.29, 0.717) is 31.7 Å². The van der Waals surface area contributed by atoms with Crippen molar-refractivity contribution in [2.75, 3.05) is 6.61 Å².